The van der Waals surface area contributed by atoms with Crippen LogP contribution in [0.3, 0.4) is 0 Å². The first-order valence-corrected chi connectivity index (χ1v) is 12.9. The summed E-state index contributed by atoms with van der Waals surface area (Å²) in [5.41, 5.74) is 2.12. The zero-order chi connectivity index (χ0) is 20.1. The summed E-state index contributed by atoms with van der Waals surface area (Å²) < 4.78 is 6.59. The Hall–Kier alpha value is -1.49. The van der Waals surface area contributed by atoms with Crippen LogP contribution in [0.5, 0.6) is 0 Å². The van der Waals surface area contributed by atoms with Crippen molar-refractivity contribution in [3.63, 3.8) is 0 Å². The maximum absolute atomic E-state index is 6.59. The van der Waals surface area contributed by atoms with Crippen LogP contribution in [-0.2, 0) is 9.96 Å². The van der Waals surface area contributed by atoms with Crippen molar-refractivity contribution in [2.24, 2.45) is 0 Å². The quantitative estimate of drug-likeness (QED) is 0.562. The SMILES string of the molecule is CC[C@](C)(N[C@H](CO[Si](C)(C)C(C)(C)C)c1ccccc1)c1ccccn1. The molecule has 0 saturated heterocycles. The molecule has 0 radical (unpaired) electrons. The second kappa shape index (κ2) is 8.68. The summed E-state index contributed by atoms with van der Waals surface area (Å²) in [6.07, 6.45) is 2.82. The molecule has 0 spiro atoms. The number of hydrogen-bond donors (Lipinski definition) is 1. The van der Waals surface area contributed by atoms with Crippen LogP contribution in [0, 0.1) is 0 Å². The van der Waals surface area contributed by atoms with Gasteiger partial charge in [0.25, 0.3) is 0 Å². The van der Waals surface area contributed by atoms with Gasteiger partial charge in [0.2, 0.25) is 0 Å². The minimum absolute atomic E-state index is 0.118. The highest BCUT2D eigenvalue weighted by Crippen LogP contribution is 2.37. The van der Waals surface area contributed by atoms with Crippen LogP contribution < -0.4 is 5.32 Å². The summed E-state index contributed by atoms with van der Waals surface area (Å²) in [5, 5.41) is 4.07. The minimum Gasteiger partial charge on any atom is -0.415 e. The largest absolute Gasteiger partial charge is 0.415 e. The maximum Gasteiger partial charge on any atom is 0.192 e. The van der Waals surface area contributed by atoms with E-state index in [1.54, 1.807) is 0 Å². The number of benzene rings is 1. The Bertz CT molecular complexity index is 697. The van der Waals surface area contributed by atoms with Gasteiger partial charge in [0.05, 0.1) is 23.9 Å². The van der Waals surface area contributed by atoms with Crippen LogP contribution in [0.4, 0.5) is 0 Å². The van der Waals surface area contributed by atoms with Crippen molar-refractivity contribution in [1.29, 1.82) is 0 Å². The Balaban J connectivity index is 2.28. The summed E-state index contributed by atoms with van der Waals surface area (Å²) in [6, 6.07) is 16.9. The fourth-order valence-corrected chi connectivity index (χ4v) is 3.86. The second-order valence-corrected chi connectivity index (χ2v) is 13.9. The summed E-state index contributed by atoms with van der Waals surface area (Å²) in [5.74, 6) is 0. The first kappa shape index (κ1) is 21.8. The average Bonchev–Trinajstić information content (AvgIpc) is 2.65. The van der Waals surface area contributed by atoms with Crippen LogP contribution in [0.2, 0.25) is 18.1 Å². The molecule has 4 heteroatoms. The molecule has 0 bridgehead atoms. The van der Waals surface area contributed by atoms with E-state index in [0.717, 1.165) is 12.1 Å². The van der Waals surface area contributed by atoms with Gasteiger partial charge in [0, 0.05) is 6.20 Å². The van der Waals surface area contributed by atoms with Gasteiger partial charge in [-0.3, -0.25) is 10.3 Å². The highest BCUT2D eigenvalue weighted by atomic mass is 28.4. The van der Waals surface area contributed by atoms with Crippen LogP contribution in [0.25, 0.3) is 0 Å². The van der Waals surface area contributed by atoms with E-state index >= 15 is 0 Å². The topological polar surface area (TPSA) is 34.1 Å². The Labute approximate surface area is 166 Å². The molecule has 3 nitrogen and oxygen atoms in total. The van der Waals surface area contributed by atoms with E-state index in [1.165, 1.54) is 5.56 Å². The van der Waals surface area contributed by atoms with Gasteiger partial charge in [-0.15, -0.1) is 0 Å². The van der Waals surface area contributed by atoms with Crippen molar-refractivity contribution in [2.75, 3.05) is 6.61 Å². The van der Waals surface area contributed by atoms with Crippen molar-refractivity contribution in [1.82, 2.24) is 10.3 Å². The monoisotopic (exact) mass is 384 g/mol. The van der Waals surface area contributed by atoms with Crippen LogP contribution in [0.15, 0.2) is 54.7 Å². The predicted molar refractivity (Wildman–Crippen MR) is 117 cm³/mol. The normalized spacial score (nSPS) is 16.0. The van der Waals surface area contributed by atoms with E-state index in [4.69, 9.17) is 4.43 Å². The first-order chi connectivity index (χ1) is 12.6. The Morgan fingerprint density at radius 2 is 1.63 bits per heavy atom. The van der Waals surface area contributed by atoms with E-state index in [0.29, 0.717) is 6.61 Å². The van der Waals surface area contributed by atoms with Crippen molar-refractivity contribution in [3.05, 3.63) is 66.0 Å². The van der Waals surface area contributed by atoms with Crippen LogP contribution in [0.1, 0.15) is 58.3 Å². The fourth-order valence-electron chi connectivity index (χ4n) is 2.85. The molecule has 0 amide bonds. The number of rotatable bonds is 8. The highest BCUT2D eigenvalue weighted by molar-refractivity contribution is 6.74. The molecule has 0 aliphatic heterocycles. The van der Waals surface area contributed by atoms with E-state index in [-0.39, 0.29) is 16.6 Å². The number of nitrogens with one attached hydrogen (secondary N) is 1. The lowest BCUT2D eigenvalue weighted by Gasteiger charge is -2.39. The highest BCUT2D eigenvalue weighted by Gasteiger charge is 2.38. The third-order valence-electron chi connectivity index (χ3n) is 6.05. The van der Waals surface area contributed by atoms with Crippen molar-refractivity contribution in [2.45, 2.75) is 70.8 Å². The summed E-state index contributed by atoms with van der Waals surface area (Å²) in [7, 11) is -1.82. The number of aromatic nitrogens is 1. The van der Waals surface area contributed by atoms with Crippen molar-refractivity contribution < 1.29 is 4.43 Å². The molecule has 2 atom stereocenters. The zero-order valence-corrected chi connectivity index (χ0v) is 19.0. The maximum atomic E-state index is 6.59. The Morgan fingerprint density at radius 3 is 2.15 bits per heavy atom. The van der Waals surface area contributed by atoms with Gasteiger partial charge < -0.3 is 4.43 Å². The molecule has 1 heterocycles. The lowest BCUT2D eigenvalue weighted by atomic mass is 9.91. The molecular weight excluding hydrogens is 348 g/mol. The lowest BCUT2D eigenvalue weighted by molar-refractivity contribution is 0.201. The number of hydrogen-bond acceptors (Lipinski definition) is 3. The molecule has 2 aromatic rings. The fraction of sp³-hybridized carbons (Fsp3) is 0.522. The molecule has 1 aromatic carbocycles. The number of nitrogens with zero attached hydrogens (tertiary/aromatic N) is 1. The predicted octanol–water partition coefficient (Wildman–Crippen LogP) is 6.06. The number of pyridine rings is 1. The molecule has 0 fully saturated rings. The van der Waals surface area contributed by atoms with Crippen molar-refractivity contribution >= 4 is 8.32 Å². The van der Waals surface area contributed by atoms with Crippen LogP contribution >= 0.6 is 0 Å². The molecule has 1 aromatic heterocycles. The van der Waals surface area contributed by atoms with E-state index in [1.807, 2.05) is 12.3 Å². The molecule has 0 aliphatic carbocycles. The van der Waals surface area contributed by atoms with Crippen LogP contribution in [-0.4, -0.2) is 19.9 Å². The standard InChI is InChI=1S/C23H36N2OSi/c1-8-23(5,21-16-12-13-17-24-21)25-20(19-14-10-9-11-15-19)18-26-27(6,7)22(2,3)4/h9-17,20,25H,8,18H2,1-7H3/t20-,23+/m1/s1. The van der Waals surface area contributed by atoms with Gasteiger partial charge in [-0.2, -0.15) is 0 Å². The molecule has 2 rings (SSSR count). The summed E-state index contributed by atoms with van der Waals surface area (Å²) in [4.78, 5) is 4.62. The third-order valence-corrected chi connectivity index (χ3v) is 10.5. The molecule has 0 saturated carbocycles. The van der Waals surface area contributed by atoms with Gasteiger partial charge in [0.1, 0.15) is 0 Å². The lowest BCUT2D eigenvalue weighted by Crippen LogP contribution is -2.47. The Kier molecular flexibility index (Phi) is 7.01. The second-order valence-electron chi connectivity index (χ2n) is 9.08. The van der Waals surface area contributed by atoms with Crippen molar-refractivity contribution in [3.8, 4) is 0 Å². The third kappa shape index (κ3) is 5.50. The Morgan fingerprint density at radius 1 is 1.00 bits per heavy atom. The summed E-state index contributed by atoms with van der Waals surface area (Å²) >= 11 is 0. The van der Waals surface area contributed by atoms with E-state index < -0.39 is 8.32 Å². The molecule has 148 valence electrons. The molecule has 27 heavy (non-hydrogen) atoms. The van der Waals surface area contributed by atoms with Gasteiger partial charge in [-0.05, 0) is 49.2 Å². The summed E-state index contributed by atoms with van der Waals surface area (Å²) in [6.45, 7) is 16.6. The molecule has 0 aliphatic rings. The van der Waals surface area contributed by atoms with Gasteiger partial charge in [-0.25, -0.2) is 0 Å². The average molecular weight is 385 g/mol. The molecule has 1 N–H and O–H groups in total. The molecular formula is C23H36N2OSi. The van der Waals surface area contributed by atoms with E-state index in [2.05, 4.69) is 100 Å². The van der Waals surface area contributed by atoms with Gasteiger partial charge in [-0.1, -0.05) is 64.1 Å². The minimum atomic E-state index is -1.82. The smallest absolute Gasteiger partial charge is 0.192 e. The zero-order valence-electron chi connectivity index (χ0n) is 18.0. The first-order valence-electron chi connectivity index (χ1n) is 9.97. The van der Waals surface area contributed by atoms with Gasteiger partial charge >= 0.3 is 0 Å². The van der Waals surface area contributed by atoms with Gasteiger partial charge in [0.15, 0.2) is 8.32 Å². The molecule has 0 unspecified atom stereocenters. The van der Waals surface area contributed by atoms with E-state index in [9.17, 15) is 0 Å².